The van der Waals surface area contributed by atoms with Gasteiger partial charge in [0.2, 0.25) is 0 Å². The molecule has 0 aliphatic carbocycles. The van der Waals surface area contributed by atoms with E-state index in [1.165, 1.54) is 0 Å². The minimum absolute atomic E-state index is 0.0553. The molecule has 128 valence electrons. The van der Waals surface area contributed by atoms with Crippen molar-refractivity contribution in [3.63, 3.8) is 0 Å². The van der Waals surface area contributed by atoms with Crippen molar-refractivity contribution in [1.82, 2.24) is 4.98 Å². The van der Waals surface area contributed by atoms with Crippen LogP contribution < -0.4 is 9.47 Å². The number of ether oxygens (including phenoxy) is 2. The van der Waals surface area contributed by atoms with E-state index in [2.05, 4.69) is 20.9 Å². The van der Waals surface area contributed by atoms with Crippen LogP contribution in [-0.2, 0) is 6.61 Å². The monoisotopic (exact) mass is 391 g/mol. The maximum Gasteiger partial charge on any atom is 0.187 e. The fourth-order valence-electron chi connectivity index (χ4n) is 2.01. The molecule has 0 unspecified atom stereocenters. The third-order valence-corrected chi connectivity index (χ3v) is 4.07. The van der Waals surface area contributed by atoms with E-state index in [9.17, 15) is 5.11 Å². The van der Waals surface area contributed by atoms with Crippen LogP contribution >= 0.6 is 15.9 Å². The quantitative estimate of drug-likeness (QED) is 0.756. The van der Waals surface area contributed by atoms with Crippen LogP contribution in [0.5, 0.6) is 11.5 Å². The van der Waals surface area contributed by atoms with Crippen molar-refractivity contribution in [1.29, 1.82) is 0 Å². The second-order valence-corrected chi connectivity index (χ2v) is 6.96. The highest BCUT2D eigenvalue weighted by atomic mass is 79.9. The standard InChI is InChI=1S/C19H22BrNO3/c1-19(2,13-22)10-9-16-18(23-3)17(15(20)11-21-16)24-12-14-7-5-4-6-8-14/h4-11,22H,12-13H2,1-3H3. The number of aliphatic hydroxyl groups excluding tert-OH is 1. The molecule has 0 spiro atoms. The normalized spacial score (nSPS) is 11.7. The number of nitrogens with zero attached hydrogens (tertiary/aromatic N) is 1. The maximum absolute atomic E-state index is 9.37. The van der Waals surface area contributed by atoms with Crippen LogP contribution in [0, 0.1) is 5.41 Å². The Morgan fingerprint density at radius 2 is 1.92 bits per heavy atom. The highest BCUT2D eigenvalue weighted by Gasteiger charge is 2.17. The summed E-state index contributed by atoms with van der Waals surface area (Å²) in [6.07, 6.45) is 5.44. The Balaban J connectivity index is 2.28. The van der Waals surface area contributed by atoms with E-state index in [1.54, 1.807) is 13.3 Å². The van der Waals surface area contributed by atoms with Gasteiger partial charge in [0.05, 0.1) is 18.2 Å². The first-order chi connectivity index (χ1) is 11.5. The summed E-state index contributed by atoms with van der Waals surface area (Å²) in [6, 6.07) is 9.93. The van der Waals surface area contributed by atoms with Gasteiger partial charge in [-0.05, 0) is 27.6 Å². The maximum atomic E-state index is 9.37. The van der Waals surface area contributed by atoms with Gasteiger partial charge in [-0.25, -0.2) is 0 Å². The predicted octanol–water partition coefficient (Wildman–Crippen LogP) is 4.46. The van der Waals surface area contributed by atoms with Crippen LogP contribution in [0.15, 0.2) is 47.1 Å². The number of pyridine rings is 1. The van der Waals surface area contributed by atoms with Gasteiger partial charge in [-0.1, -0.05) is 50.3 Å². The molecular weight excluding hydrogens is 370 g/mol. The SMILES string of the molecule is COc1c(C=CC(C)(C)CO)ncc(Br)c1OCc1ccccc1. The Morgan fingerprint density at radius 1 is 1.21 bits per heavy atom. The molecule has 1 aromatic carbocycles. The first-order valence-corrected chi connectivity index (χ1v) is 8.45. The van der Waals surface area contributed by atoms with E-state index in [0.29, 0.717) is 23.8 Å². The Kier molecular flexibility index (Phi) is 6.40. The molecule has 4 nitrogen and oxygen atoms in total. The molecule has 5 heteroatoms. The molecule has 0 aliphatic rings. The minimum Gasteiger partial charge on any atom is -0.491 e. The van der Waals surface area contributed by atoms with Crippen LogP contribution in [0.1, 0.15) is 25.1 Å². The van der Waals surface area contributed by atoms with E-state index < -0.39 is 0 Å². The lowest BCUT2D eigenvalue weighted by atomic mass is 9.94. The first-order valence-electron chi connectivity index (χ1n) is 7.66. The summed E-state index contributed by atoms with van der Waals surface area (Å²) in [5.74, 6) is 1.17. The zero-order chi connectivity index (χ0) is 17.6. The Labute approximate surface area is 151 Å². The lowest BCUT2D eigenvalue weighted by Crippen LogP contribution is -2.12. The number of aliphatic hydroxyl groups is 1. The Morgan fingerprint density at radius 3 is 2.54 bits per heavy atom. The average molecular weight is 392 g/mol. The molecular formula is C19H22BrNO3. The Bertz CT molecular complexity index is 699. The van der Waals surface area contributed by atoms with Crippen molar-refractivity contribution in [3.05, 3.63) is 58.3 Å². The number of rotatable bonds is 7. The van der Waals surface area contributed by atoms with E-state index >= 15 is 0 Å². The van der Waals surface area contributed by atoms with Crippen LogP contribution in [-0.4, -0.2) is 23.8 Å². The van der Waals surface area contributed by atoms with Crippen molar-refractivity contribution in [2.75, 3.05) is 13.7 Å². The second-order valence-electron chi connectivity index (χ2n) is 6.11. The second kappa shape index (κ2) is 8.31. The molecule has 24 heavy (non-hydrogen) atoms. The van der Waals surface area contributed by atoms with Crippen molar-refractivity contribution in [2.24, 2.45) is 5.41 Å². The summed E-state index contributed by atoms with van der Waals surface area (Å²) in [7, 11) is 1.59. The predicted molar refractivity (Wildman–Crippen MR) is 99.2 cm³/mol. The first kappa shape index (κ1) is 18.5. The summed E-state index contributed by atoms with van der Waals surface area (Å²) < 4.78 is 12.2. The van der Waals surface area contributed by atoms with Crippen LogP contribution in [0.3, 0.4) is 0 Å². The molecule has 0 fully saturated rings. The molecule has 2 aromatic rings. The van der Waals surface area contributed by atoms with Gasteiger partial charge in [-0.3, -0.25) is 4.98 Å². The largest absolute Gasteiger partial charge is 0.491 e. The van der Waals surface area contributed by atoms with Gasteiger partial charge < -0.3 is 14.6 Å². The van der Waals surface area contributed by atoms with E-state index in [0.717, 1.165) is 10.0 Å². The van der Waals surface area contributed by atoms with E-state index in [1.807, 2.05) is 56.3 Å². The van der Waals surface area contributed by atoms with Crippen molar-refractivity contribution in [2.45, 2.75) is 20.5 Å². The van der Waals surface area contributed by atoms with Gasteiger partial charge in [0.15, 0.2) is 11.5 Å². The van der Waals surface area contributed by atoms with Gasteiger partial charge in [-0.15, -0.1) is 0 Å². The number of methoxy groups -OCH3 is 1. The molecule has 0 saturated heterocycles. The van der Waals surface area contributed by atoms with Gasteiger partial charge >= 0.3 is 0 Å². The number of benzene rings is 1. The third-order valence-electron chi connectivity index (χ3n) is 3.50. The molecule has 0 bridgehead atoms. The highest BCUT2D eigenvalue weighted by molar-refractivity contribution is 9.10. The molecule has 0 amide bonds. The number of hydrogen-bond donors (Lipinski definition) is 1. The summed E-state index contributed by atoms with van der Waals surface area (Å²) in [4.78, 5) is 4.38. The average Bonchev–Trinajstić information content (AvgIpc) is 2.60. The van der Waals surface area contributed by atoms with E-state index in [4.69, 9.17) is 9.47 Å². The molecule has 0 radical (unpaired) electrons. The number of halogens is 1. The van der Waals surface area contributed by atoms with Gasteiger partial charge in [0.25, 0.3) is 0 Å². The smallest absolute Gasteiger partial charge is 0.187 e. The molecule has 1 heterocycles. The Hall–Kier alpha value is -1.85. The zero-order valence-corrected chi connectivity index (χ0v) is 15.7. The summed E-state index contributed by atoms with van der Waals surface area (Å²) in [5.41, 5.74) is 1.40. The molecule has 1 aromatic heterocycles. The van der Waals surface area contributed by atoms with Gasteiger partial charge in [-0.2, -0.15) is 0 Å². The minimum atomic E-state index is -0.329. The summed E-state index contributed by atoms with van der Waals surface area (Å²) in [6.45, 7) is 4.38. The summed E-state index contributed by atoms with van der Waals surface area (Å²) in [5, 5.41) is 9.37. The lowest BCUT2D eigenvalue weighted by molar-refractivity contribution is 0.200. The molecule has 0 aliphatic heterocycles. The molecule has 0 atom stereocenters. The number of hydrogen-bond acceptors (Lipinski definition) is 4. The topological polar surface area (TPSA) is 51.6 Å². The van der Waals surface area contributed by atoms with Crippen molar-refractivity contribution < 1.29 is 14.6 Å². The van der Waals surface area contributed by atoms with Crippen molar-refractivity contribution >= 4 is 22.0 Å². The van der Waals surface area contributed by atoms with Crippen molar-refractivity contribution in [3.8, 4) is 11.5 Å². The molecule has 2 rings (SSSR count). The third kappa shape index (κ3) is 4.82. The fraction of sp³-hybridized carbons (Fsp3) is 0.316. The van der Waals surface area contributed by atoms with Gasteiger partial charge in [0.1, 0.15) is 12.3 Å². The highest BCUT2D eigenvalue weighted by Crippen LogP contribution is 2.38. The van der Waals surface area contributed by atoms with Crippen LogP contribution in [0.4, 0.5) is 0 Å². The fourth-order valence-corrected chi connectivity index (χ4v) is 2.40. The number of aromatic nitrogens is 1. The molecule has 1 N–H and O–H groups in total. The van der Waals surface area contributed by atoms with Crippen LogP contribution in [0.2, 0.25) is 0 Å². The van der Waals surface area contributed by atoms with E-state index in [-0.39, 0.29) is 12.0 Å². The zero-order valence-electron chi connectivity index (χ0n) is 14.1. The van der Waals surface area contributed by atoms with Crippen LogP contribution in [0.25, 0.3) is 6.08 Å². The molecule has 0 saturated carbocycles. The van der Waals surface area contributed by atoms with Gasteiger partial charge in [0, 0.05) is 11.6 Å². The summed E-state index contributed by atoms with van der Waals surface area (Å²) >= 11 is 3.47. The lowest BCUT2D eigenvalue weighted by Gasteiger charge is -2.17.